The van der Waals surface area contributed by atoms with E-state index in [9.17, 15) is 4.79 Å². The molecule has 7 heteroatoms. The van der Waals surface area contributed by atoms with Crippen LogP contribution in [-0.2, 0) is 4.79 Å². The first-order valence-electron chi connectivity index (χ1n) is 8.85. The Balaban J connectivity index is 1.47. The molecule has 0 aliphatic rings. The fraction of sp³-hybridized carbons (Fsp3) is 0.0455. The Hall–Kier alpha value is -3.45. The van der Waals surface area contributed by atoms with Gasteiger partial charge in [-0.2, -0.15) is 0 Å². The summed E-state index contributed by atoms with van der Waals surface area (Å²) in [6.07, 6.45) is 0. The first-order chi connectivity index (χ1) is 14.2. The summed E-state index contributed by atoms with van der Waals surface area (Å²) in [7, 11) is 0. The lowest BCUT2D eigenvalue weighted by Gasteiger charge is -2.10. The highest BCUT2D eigenvalue weighted by atomic mass is 79.9. The Labute approximate surface area is 175 Å². The number of anilines is 1. The number of carbonyl (C=O) groups excluding carboxylic acids is 1. The molecule has 4 aromatic rings. The molecular formula is C22H16BrN3O3. The number of ether oxygens (including phenoxy) is 1. The van der Waals surface area contributed by atoms with Gasteiger partial charge >= 0.3 is 0 Å². The molecule has 1 heterocycles. The normalized spacial score (nSPS) is 10.5. The highest BCUT2D eigenvalue weighted by molar-refractivity contribution is 9.10. The number of para-hydroxylation sites is 1. The Bertz CT molecular complexity index is 1130. The number of halogens is 1. The van der Waals surface area contributed by atoms with Crippen LogP contribution in [0.15, 0.2) is 87.8 Å². The molecule has 3 aromatic carbocycles. The zero-order valence-electron chi connectivity index (χ0n) is 15.2. The monoisotopic (exact) mass is 449 g/mol. The summed E-state index contributed by atoms with van der Waals surface area (Å²) in [5, 5.41) is 11.0. The van der Waals surface area contributed by atoms with Gasteiger partial charge in [0.15, 0.2) is 6.61 Å². The maximum Gasteiger partial charge on any atom is 0.262 e. The van der Waals surface area contributed by atoms with Gasteiger partial charge in [0.05, 0.1) is 5.56 Å². The summed E-state index contributed by atoms with van der Waals surface area (Å²) in [4.78, 5) is 12.2. The number of amides is 1. The minimum atomic E-state index is -0.270. The number of hydrogen-bond acceptors (Lipinski definition) is 5. The minimum absolute atomic E-state index is 0.150. The second-order valence-corrected chi connectivity index (χ2v) is 7.04. The van der Waals surface area contributed by atoms with E-state index in [4.69, 9.17) is 9.15 Å². The van der Waals surface area contributed by atoms with Crippen LogP contribution in [-0.4, -0.2) is 22.7 Å². The highest BCUT2D eigenvalue weighted by Gasteiger charge is 2.15. The lowest BCUT2D eigenvalue weighted by molar-refractivity contribution is -0.118. The van der Waals surface area contributed by atoms with E-state index >= 15 is 0 Å². The molecule has 1 amide bonds. The topological polar surface area (TPSA) is 77.2 Å². The van der Waals surface area contributed by atoms with Crippen LogP contribution in [0.25, 0.3) is 22.9 Å². The summed E-state index contributed by atoms with van der Waals surface area (Å²) in [6.45, 7) is -0.150. The molecule has 29 heavy (non-hydrogen) atoms. The molecule has 0 unspecified atom stereocenters. The van der Waals surface area contributed by atoms with Crippen LogP contribution in [0.1, 0.15) is 0 Å². The van der Waals surface area contributed by atoms with Crippen LogP contribution >= 0.6 is 15.9 Å². The lowest BCUT2D eigenvalue weighted by atomic mass is 10.2. The molecule has 0 saturated carbocycles. The Morgan fingerprint density at radius 3 is 2.52 bits per heavy atom. The van der Waals surface area contributed by atoms with Crippen molar-refractivity contribution >= 4 is 27.5 Å². The molecule has 0 fully saturated rings. The summed E-state index contributed by atoms with van der Waals surface area (Å²) in [6, 6.07) is 24.1. The number of hydrogen-bond donors (Lipinski definition) is 1. The first-order valence-corrected chi connectivity index (χ1v) is 9.65. The first kappa shape index (κ1) is 18.9. The van der Waals surface area contributed by atoms with E-state index in [2.05, 4.69) is 31.4 Å². The third-order valence-electron chi connectivity index (χ3n) is 4.03. The van der Waals surface area contributed by atoms with E-state index in [0.29, 0.717) is 28.8 Å². The maximum atomic E-state index is 12.2. The molecular weight excluding hydrogens is 434 g/mol. The van der Waals surface area contributed by atoms with Crippen molar-refractivity contribution < 1.29 is 13.9 Å². The molecule has 0 aliphatic carbocycles. The van der Waals surface area contributed by atoms with Gasteiger partial charge in [-0.15, -0.1) is 10.2 Å². The number of carbonyl (C=O) groups is 1. The second-order valence-electron chi connectivity index (χ2n) is 6.12. The van der Waals surface area contributed by atoms with E-state index in [0.717, 1.165) is 10.0 Å². The van der Waals surface area contributed by atoms with Gasteiger partial charge in [0.2, 0.25) is 5.89 Å². The van der Waals surface area contributed by atoms with Crippen LogP contribution in [0.3, 0.4) is 0 Å². The maximum absolute atomic E-state index is 12.2. The van der Waals surface area contributed by atoms with Crippen LogP contribution in [0.5, 0.6) is 5.75 Å². The minimum Gasteiger partial charge on any atom is -0.483 e. The number of aromatic nitrogens is 2. The van der Waals surface area contributed by atoms with Crippen molar-refractivity contribution in [3.8, 4) is 28.7 Å². The third kappa shape index (κ3) is 4.70. The molecule has 1 aromatic heterocycles. The van der Waals surface area contributed by atoms with Crippen molar-refractivity contribution in [3.63, 3.8) is 0 Å². The fourth-order valence-electron chi connectivity index (χ4n) is 2.71. The average molecular weight is 450 g/mol. The van der Waals surface area contributed by atoms with Crippen molar-refractivity contribution in [1.82, 2.24) is 10.2 Å². The van der Waals surface area contributed by atoms with Crippen molar-refractivity contribution in [2.75, 3.05) is 11.9 Å². The molecule has 6 nitrogen and oxygen atoms in total. The molecule has 0 bridgehead atoms. The molecule has 0 radical (unpaired) electrons. The summed E-state index contributed by atoms with van der Waals surface area (Å²) < 4.78 is 12.4. The SMILES string of the molecule is O=C(COc1ccccc1-c1nnc(-c2ccccc2)o1)Nc1cccc(Br)c1. The average Bonchev–Trinajstić information content (AvgIpc) is 3.23. The second kappa shape index (κ2) is 8.70. The predicted octanol–water partition coefficient (Wildman–Crippen LogP) is 5.18. The molecule has 0 spiro atoms. The van der Waals surface area contributed by atoms with E-state index in [1.54, 1.807) is 12.1 Å². The van der Waals surface area contributed by atoms with Crippen LogP contribution in [0, 0.1) is 0 Å². The van der Waals surface area contributed by atoms with Crippen molar-refractivity contribution in [3.05, 3.63) is 83.3 Å². The molecule has 1 N–H and O–H groups in total. The number of nitrogens with one attached hydrogen (secondary N) is 1. The van der Waals surface area contributed by atoms with E-state index < -0.39 is 0 Å². The van der Waals surface area contributed by atoms with Crippen molar-refractivity contribution in [2.24, 2.45) is 0 Å². The Morgan fingerprint density at radius 1 is 0.931 bits per heavy atom. The zero-order valence-corrected chi connectivity index (χ0v) is 16.8. The number of nitrogens with zero attached hydrogens (tertiary/aromatic N) is 2. The number of benzene rings is 3. The van der Waals surface area contributed by atoms with Crippen molar-refractivity contribution in [1.29, 1.82) is 0 Å². The predicted molar refractivity (Wildman–Crippen MR) is 113 cm³/mol. The van der Waals surface area contributed by atoms with E-state index in [1.165, 1.54) is 0 Å². The smallest absolute Gasteiger partial charge is 0.262 e. The van der Waals surface area contributed by atoms with Gasteiger partial charge in [-0.05, 0) is 42.5 Å². The van der Waals surface area contributed by atoms with Crippen molar-refractivity contribution in [2.45, 2.75) is 0 Å². The largest absolute Gasteiger partial charge is 0.483 e. The molecule has 0 saturated heterocycles. The van der Waals surface area contributed by atoms with Gasteiger partial charge in [-0.25, -0.2) is 0 Å². The lowest BCUT2D eigenvalue weighted by Crippen LogP contribution is -2.20. The quantitative estimate of drug-likeness (QED) is 0.438. The van der Waals surface area contributed by atoms with E-state index in [-0.39, 0.29) is 12.5 Å². The molecule has 0 aliphatic heterocycles. The highest BCUT2D eigenvalue weighted by Crippen LogP contribution is 2.31. The van der Waals surface area contributed by atoms with Crippen LogP contribution < -0.4 is 10.1 Å². The van der Waals surface area contributed by atoms with Crippen LogP contribution in [0.4, 0.5) is 5.69 Å². The molecule has 0 atom stereocenters. The summed E-state index contributed by atoms with van der Waals surface area (Å²) in [5.41, 5.74) is 2.14. The standard InChI is InChI=1S/C22H16BrN3O3/c23-16-9-6-10-17(13-16)24-20(27)14-28-19-12-5-4-11-18(19)22-26-25-21(29-22)15-7-2-1-3-8-15/h1-13H,14H2,(H,24,27). The summed E-state index contributed by atoms with van der Waals surface area (Å²) in [5.74, 6) is 0.961. The molecule has 144 valence electrons. The van der Waals surface area contributed by atoms with Gasteiger partial charge in [0, 0.05) is 15.7 Å². The Kier molecular flexibility index (Phi) is 5.67. The third-order valence-corrected chi connectivity index (χ3v) is 4.52. The van der Waals surface area contributed by atoms with Crippen LogP contribution in [0.2, 0.25) is 0 Å². The van der Waals surface area contributed by atoms with E-state index in [1.807, 2.05) is 66.7 Å². The van der Waals surface area contributed by atoms with Gasteiger partial charge in [0.25, 0.3) is 11.8 Å². The van der Waals surface area contributed by atoms with Gasteiger partial charge in [-0.1, -0.05) is 52.3 Å². The van der Waals surface area contributed by atoms with Gasteiger partial charge < -0.3 is 14.5 Å². The fourth-order valence-corrected chi connectivity index (χ4v) is 3.10. The van der Waals surface area contributed by atoms with Gasteiger partial charge in [0.1, 0.15) is 5.75 Å². The van der Waals surface area contributed by atoms with Gasteiger partial charge in [-0.3, -0.25) is 4.79 Å². The Morgan fingerprint density at radius 2 is 1.69 bits per heavy atom. The number of rotatable bonds is 6. The molecule has 4 rings (SSSR count). The summed E-state index contributed by atoms with van der Waals surface area (Å²) >= 11 is 3.38. The zero-order chi connectivity index (χ0) is 20.1.